The van der Waals surface area contributed by atoms with Gasteiger partial charge in [-0.3, -0.25) is 9.97 Å². The molecule has 0 amide bonds. The van der Waals surface area contributed by atoms with Crippen LogP contribution in [-0.4, -0.2) is 9.97 Å². The summed E-state index contributed by atoms with van der Waals surface area (Å²) in [7, 11) is -0.701. The average Bonchev–Trinajstić information content (AvgIpc) is 2.81. The highest BCUT2D eigenvalue weighted by atomic mass is 31.1. The molecule has 0 fully saturated rings. The van der Waals surface area contributed by atoms with Gasteiger partial charge < -0.3 is 0 Å². The van der Waals surface area contributed by atoms with Crippen LogP contribution in [0, 0.1) is 0 Å². The Kier molecular flexibility index (Phi) is 4.86. The van der Waals surface area contributed by atoms with Gasteiger partial charge in [-0.25, -0.2) is 0 Å². The molecule has 0 saturated heterocycles. The van der Waals surface area contributed by atoms with E-state index < -0.39 is 7.92 Å². The predicted molar refractivity (Wildman–Crippen MR) is 124 cm³/mol. The van der Waals surface area contributed by atoms with Crippen molar-refractivity contribution in [1.82, 2.24) is 9.97 Å². The molecular formula is C26H19N2P. The van der Waals surface area contributed by atoms with E-state index in [1.54, 1.807) is 12.4 Å². The van der Waals surface area contributed by atoms with E-state index in [0.717, 1.165) is 11.3 Å². The summed E-state index contributed by atoms with van der Waals surface area (Å²) in [4.78, 5) is 8.89. The van der Waals surface area contributed by atoms with Gasteiger partial charge in [-0.1, -0.05) is 97.1 Å². The molecule has 0 aliphatic heterocycles. The number of hydrogen-bond donors (Lipinski definition) is 0. The number of aromatic nitrogens is 2. The fourth-order valence-corrected chi connectivity index (χ4v) is 6.24. The first-order valence-electron chi connectivity index (χ1n) is 9.60. The molecule has 0 radical (unpaired) electrons. The third-order valence-electron chi connectivity index (χ3n) is 4.99. The molecule has 29 heavy (non-hydrogen) atoms. The van der Waals surface area contributed by atoms with Gasteiger partial charge >= 0.3 is 0 Å². The number of fused-ring (bicyclic) bond motifs is 1. The highest BCUT2D eigenvalue weighted by Gasteiger charge is 2.20. The summed E-state index contributed by atoms with van der Waals surface area (Å²) in [5.41, 5.74) is 2.03. The van der Waals surface area contributed by atoms with Gasteiger partial charge in [0.15, 0.2) is 0 Å². The fraction of sp³-hybridized carbons (Fsp3) is 0. The van der Waals surface area contributed by atoms with Crippen molar-refractivity contribution in [1.29, 1.82) is 0 Å². The van der Waals surface area contributed by atoms with Crippen LogP contribution < -0.4 is 15.9 Å². The maximum Gasteiger partial charge on any atom is 0.0891 e. The van der Waals surface area contributed by atoms with Crippen molar-refractivity contribution in [2.24, 2.45) is 0 Å². The van der Waals surface area contributed by atoms with Gasteiger partial charge in [0.25, 0.3) is 0 Å². The van der Waals surface area contributed by atoms with Gasteiger partial charge in [0.1, 0.15) is 0 Å². The Morgan fingerprint density at radius 1 is 0.586 bits per heavy atom. The van der Waals surface area contributed by atoms with Gasteiger partial charge in [-0.15, -0.1) is 0 Å². The zero-order valence-corrected chi connectivity index (χ0v) is 16.7. The van der Waals surface area contributed by atoms with Crippen molar-refractivity contribution in [3.63, 3.8) is 0 Å². The number of nitrogens with zero attached hydrogens (tertiary/aromatic N) is 2. The second-order valence-corrected chi connectivity index (χ2v) is 8.96. The topological polar surface area (TPSA) is 25.8 Å². The molecule has 0 N–H and O–H groups in total. The third kappa shape index (κ3) is 3.44. The van der Waals surface area contributed by atoms with Crippen LogP contribution in [0.2, 0.25) is 0 Å². The second-order valence-electron chi connectivity index (χ2n) is 6.78. The number of benzene rings is 4. The van der Waals surface area contributed by atoms with E-state index in [1.807, 2.05) is 6.20 Å². The van der Waals surface area contributed by atoms with Crippen LogP contribution in [0.4, 0.5) is 0 Å². The van der Waals surface area contributed by atoms with E-state index in [9.17, 15) is 0 Å². The Morgan fingerprint density at radius 2 is 1.24 bits per heavy atom. The zero-order chi connectivity index (χ0) is 19.5. The molecular weight excluding hydrogens is 371 g/mol. The van der Waals surface area contributed by atoms with Gasteiger partial charge in [0.05, 0.1) is 11.9 Å². The summed E-state index contributed by atoms with van der Waals surface area (Å²) >= 11 is 0. The Bertz CT molecular complexity index is 1190. The maximum absolute atomic E-state index is 4.59. The molecule has 138 valence electrons. The van der Waals surface area contributed by atoms with Crippen LogP contribution in [0.25, 0.3) is 22.0 Å². The van der Waals surface area contributed by atoms with Crippen molar-refractivity contribution in [3.05, 3.63) is 116 Å². The molecule has 0 saturated carbocycles. The minimum Gasteiger partial charge on any atom is -0.261 e. The van der Waals surface area contributed by atoms with Crippen LogP contribution in [-0.2, 0) is 0 Å². The molecule has 4 aromatic carbocycles. The molecule has 0 bridgehead atoms. The van der Waals surface area contributed by atoms with Crippen LogP contribution in [0.3, 0.4) is 0 Å². The van der Waals surface area contributed by atoms with Crippen LogP contribution in [0.1, 0.15) is 0 Å². The molecule has 3 heteroatoms. The Hall–Kier alpha value is -3.35. The highest BCUT2D eigenvalue weighted by Crippen LogP contribution is 2.38. The Labute approximate surface area is 171 Å². The second kappa shape index (κ2) is 7.95. The average molecular weight is 390 g/mol. The third-order valence-corrected chi connectivity index (χ3v) is 7.48. The number of hydrogen-bond acceptors (Lipinski definition) is 2. The van der Waals surface area contributed by atoms with Crippen molar-refractivity contribution in [3.8, 4) is 11.3 Å². The first-order valence-corrected chi connectivity index (χ1v) is 10.9. The minimum absolute atomic E-state index is 0.701. The maximum atomic E-state index is 4.59. The summed E-state index contributed by atoms with van der Waals surface area (Å²) in [6.07, 6.45) is 5.32. The lowest BCUT2D eigenvalue weighted by atomic mass is 10.0. The van der Waals surface area contributed by atoms with Gasteiger partial charge in [0.2, 0.25) is 0 Å². The summed E-state index contributed by atoms with van der Waals surface area (Å²) in [5.74, 6) is 0. The molecule has 0 aliphatic rings. The molecule has 5 aromatic rings. The lowest BCUT2D eigenvalue weighted by molar-refractivity contribution is 1.21. The molecule has 1 heterocycles. The predicted octanol–water partition coefficient (Wildman–Crippen LogP) is 5.06. The summed E-state index contributed by atoms with van der Waals surface area (Å²) < 4.78 is 0. The van der Waals surface area contributed by atoms with Crippen molar-refractivity contribution < 1.29 is 0 Å². The standard InChI is InChI=1S/C26H19N2P/c1-3-11-21(12-4-1)29(22-13-5-2-6-14-22)25-16-8-10-20-9-7-15-23(26(20)25)24-19-27-17-18-28-24/h1-19H. The summed E-state index contributed by atoms with van der Waals surface area (Å²) in [5, 5.41) is 6.51. The van der Waals surface area contributed by atoms with E-state index in [-0.39, 0.29) is 0 Å². The molecule has 0 spiro atoms. The molecule has 0 atom stereocenters. The summed E-state index contributed by atoms with van der Waals surface area (Å²) in [6, 6.07) is 34.7. The highest BCUT2D eigenvalue weighted by molar-refractivity contribution is 7.80. The SMILES string of the molecule is c1ccc(P(c2ccccc2)c2cccc3cccc(-c4cnccn4)c23)cc1. The largest absolute Gasteiger partial charge is 0.261 e. The Balaban J connectivity index is 1.83. The monoisotopic (exact) mass is 390 g/mol. The normalized spacial score (nSPS) is 11.1. The first-order chi connectivity index (χ1) is 14.4. The van der Waals surface area contributed by atoms with E-state index >= 15 is 0 Å². The lowest BCUT2D eigenvalue weighted by Gasteiger charge is -2.22. The minimum atomic E-state index is -0.701. The van der Waals surface area contributed by atoms with E-state index in [0.29, 0.717) is 0 Å². The Morgan fingerprint density at radius 3 is 1.86 bits per heavy atom. The van der Waals surface area contributed by atoms with Crippen LogP contribution >= 0.6 is 7.92 Å². The molecule has 0 unspecified atom stereocenters. The summed E-state index contributed by atoms with van der Waals surface area (Å²) in [6.45, 7) is 0. The molecule has 0 aliphatic carbocycles. The number of rotatable bonds is 4. The van der Waals surface area contributed by atoms with Crippen molar-refractivity contribution >= 4 is 34.6 Å². The molecule has 5 rings (SSSR count). The van der Waals surface area contributed by atoms with Gasteiger partial charge in [0, 0.05) is 18.0 Å². The molecule has 2 nitrogen and oxygen atoms in total. The van der Waals surface area contributed by atoms with E-state index in [2.05, 4.69) is 107 Å². The van der Waals surface area contributed by atoms with E-state index in [1.165, 1.54) is 26.7 Å². The molecule has 1 aromatic heterocycles. The van der Waals surface area contributed by atoms with E-state index in [4.69, 9.17) is 0 Å². The van der Waals surface area contributed by atoms with Crippen molar-refractivity contribution in [2.45, 2.75) is 0 Å². The van der Waals surface area contributed by atoms with Crippen LogP contribution in [0.15, 0.2) is 116 Å². The lowest BCUT2D eigenvalue weighted by Crippen LogP contribution is -2.21. The zero-order valence-electron chi connectivity index (χ0n) is 15.8. The first kappa shape index (κ1) is 17.7. The fourth-order valence-electron chi connectivity index (χ4n) is 3.74. The van der Waals surface area contributed by atoms with Gasteiger partial charge in [-0.05, 0) is 34.6 Å². The van der Waals surface area contributed by atoms with Crippen molar-refractivity contribution in [2.75, 3.05) is 0 Å². The van der Waals surface area contributed by atoms with Crippen LogP contribution in [0.5, 0.6) is 0 Å². The quantitative estimate of drug-likeness (QED) is 0.401. The smallest absolute Gasteiger partial charge is 0.0891 e. The van der Waals surface area contributed by atoms with Gasteiger partial charge in [-0.2, -0.15) is 0 Å².